The first kappa shape index (κ1) is 16.3. The minimum absolute atomic E-state index is 0.0927. The lowest BCUT2D eigenvalue weighted by Gasteiger charge is -2.19. The molecule has 1 aliphatic heterocycles. The first-order chi connectivity index (χ1) is 10.1. The van der Waals surface area contributed by atoms with Gasteiger partial charge in [0.2, 0.25) is 5.91 Å². The molecule has 5 heteroatoms. The van der Waals surface area contributed by atoms with Gasteiger partial charge in [-0.05, 0) is 25.6 Å². The Labute approximate surface area is 131 Å². The fraction of sp³-hybridized carbons (Fsp3) is 0.562. The number of carbonyl (C=O) groups is 1. The Kier molecular flexibility index (Phi) is 6.54. The van der Waals surface area contributed by atoms with Crippen LogP contribution in [0.4, 0.5) is 0 Å². The number of ether oxygens (including phenoxy) is 1. The number of thioether (sulfide) groups is 1. The van der Waals surface area contributed by atoms with E-state index in [-0.39, 0.29) is 5.91 Å². The number of aryl methyl sites for hydroxylation is 1. The normalized spacial score (nSPS) is 20.0. The lowest BCUT2D eigenvalue weighted by Crippen LogP contribution is -2.36. The average Bonchev–Trinajstić information content (AvgIpc) is 2.68. The number of amides is 1. The highest BCUT2D eigenvalue weighted by Gasteiger charge is 2.16. The molecule has 0 radical (unpaired) electrons. The van der Waals surface area contributed by atoms with Crippen molar-refractivity contribution < 1.29 is 9.53 Å². The topological polar surface area (TPSA) is 41.6 Å². The summed E-state index contributed by atoms with van der Waals surface area (Å²) in [5.74, 6) is 0.939. The molecule has 1 aliphatic rings. The van der Waals surface area contributed by atoms with Crippen molar-refractivity contribution in [2.75, 3.05) is 45.6 Å². The Morgan fingerprint density at radius 2 is 2.29 bits per heavy atom. The third kappa shape index (κ3) is 5.69. The summed E-state index contributed by atoms with van der Waals surface area (Å²) in [6.45, 7) is 6.22. The maximum absolute atomic E-state index is 12.0. The van der Waals surface area contributed by atoms with Crippen molar-refractivity contribution in [2.24, 2.45) is 5.92 Å². The molecule has 4 nitrogen and oxygen atoms in total. The first-order valence-electron chi connectivity index (χ1n) is 7.36. The molecule has 0 bridgehead atoms. The zero-order chi connectivity index (χ0) is 15.1. The molecular formula is C16H24N2O2S. The number of hydrogen-bond acceptors (Lipinski definition) is 4. The first-order valence-corrected chi connectivity index (χ1v) is 8.35. The molecule has 0 spiro atoms. The van der Waals surface area contributed by atoms with Gasteiger partial charge in [-0.2, -0.15) is 0 Å². The molecular weight excluding hydrogens is 284 g/mol. The molecule has 1 heterocycles. The lowest BCUT2D eigenvalue weighted by atomic mass is 10.1. The minimum Gasteiger partial charge on any atom is -0.380 e. The number of nitrogens with one attached hydrogen (secondary N) is 1. The second kappa shape index (κ2) is 8.41. The van der Waals surface area contributed by atoms with Gasteiger partial charge >= 0.3 is 0 Å². The molecule has 0 saturated carbocycles. The molecule has 116 valence electrons. The number of hydrogen-bond donors (Lipinski definition) is 1. The highest BCUT2D eigenvalue weighted by Crippen LogP contribution is 2.21. The van der Waals surface area contributed by atoms with Crippen LogP contribution in [0.2, 0.25) is 0 Å². The largest absolute Gasteiger partial charge is 0.380 e. The van der Waals surface area contributed by atoms with Crippen molar-refractivity contribution in [1.29, 1.82) is 0 Å². The number of rotatable bonds is 5. The predicted octanol–water partition coefficient (Wildman–Crippen LogP) is 1.78. The Morgan fingerprint density at radius 1 is 1.48 bits per heavy atom. The van der Waals surface area contributed by atoms with Crippen LogP contribution in [-0.4, -0.2) is 56.5 Å². The van der Waals surface area contributed by atoms with Gasteiger partial charge in [0, 0.05) is 30.4 Å². The highest BCUT2D eigenvalue weighted by atomic mass is 32.2. The van der Waals surface area contributed by atoms with Crippen molar-refractivity contribution in [3.05, 3.63) is 29.8 Å². The molecule has 0 aliphatic carbocycles. The number of benzene rings is 1. The van der Waals surface area contributed by atoms with Gasteiger partial charge in [-0.1, -0.05) is 18.2 Å². The van der Waals surface area contributed by atoms with Crippen LogP contribution in [0.25, 0.3) is 0 Å². The monoisotopic (exact) mass is 308 g/mol. The van der Waals surface area contributed by atoms with E-state index in [4.69, 9.17) is 4.74 Å². The van der Waals surface area contributed by atoms with Crippen LogP contribution in [0.15, 0.2) is 29.2 Å². The molecule has 1 aromatic carbocycles. The average molecular weight is 308 g/mol. The van der Waals surface area contributed by atoms with E-state index >= 15 is 0 Å². The molecule has 1 atom stereocenters. The summed E-state index contributed by atoms with van der Waals surface area (Å²) in [5, 5.41) is 3.02. The zero-order valence-electron chi connectivity index (χ0n) is 12.8. The van der Waals surface area contributed by atoms with Crippen LogP contribution in [-0.2, 0) is 9.53 Å². The van der Waals surface area contributed by atoms with E-state index in [9.17, 15) is 4.79 Å². The molecule has 1 aromatic rings. The molecule has 21 heavy (non-hydrogen) atoms. The Bertz CT molecular complexity index is 467. The van der Waals surface area contributed by atoms with E-state index in [0.717, 1.165) is 26.3 Å². The van der Waals surface area contributed by atoms with E-state index in [1.165, 1.54) is 10.5 Å². The standard InChI is InChI=1S/C16H24N2O2S/c1-13-5-3-4-6-15(13)21-12-16(19)17-9-14-10-18(2)7-8-20-11-14/h3-6,14H,7-12H2,1-2H3,(H,17,19)/t14-/m0/s1. The summed E-state index contributed by atoms with van der Waals surface area (Å²) in [5.41, 5.74) is 1.22. The molecule has 1 N–H and O–H groups in total. The van der Waals surface area contributed by atoms with Gasteiger partial charge in [0.05, 0.1) is 19.0 Å². The van der Waals surface area contributed by atoms with Crippen molar-refractivity contribution >= 4 is 17.7 Å². The van der Waals surface area contributed by atoms with Crippen LogP contribution >= 0.6 is 11.8 Å². The van der Waals surface area contributed by atoms with Crippen LogP contribution in [0, 0.1) is 12.8 Å². The zero-order valence-corrected chi connectivity index (χ0v) is 13.6. The molecule has 1 saturated heterocycles. The molecule has 2 rings (SSSR count). The Hall–Kier alpha value is -1.04. The number of carbonyl (C=O) groups excluding carboxylic acids is 1. The minimum atomic E-state index is 0.0927. The summed E-state index contributed by atoms with van der Waals surface area (Å²) in [7, 11) is 2.09. The van der Waals surface area contributed by atoms with Gasteiger partial charge in [0.25, 0.3) is 0 Å². The maximum Gasteiger partial charge on any atom is 0.230 e. The Morgan fingerprint density at radius 3 is 3.10 bits per heavy atom. The summed E-state index contributed by atoms with van der Waals surface area (Å²) in [6.07, 6.45) is 0. The second-order valence-electron chi connectivity index (χ2n) is 5.56. The van der Waals surface area contributed by atoms with Crippen LogP contribution in [0.3, 0.4) is 0 Å². The number of likely N-dealkylation sites (N-methyl/N-ethyl adjacent to an activating group) is 1. The predicted molar refractivity (Wildman–Crippen MR) is 86.7 cm³/mol. The molecule has 1 amide bonds. The van der Waals surface area contributed by atoms with Gasteiger partial charge in [-0.25, -0.2) is 0 Å². The fourth-order valence-corrected chi connectivity index (χ4v) is 3.21. The summed E-state index contributed by atoms with van der Waals surface area (Å²) in [6, 6.07) is 8.15. The molecule has 1 fully saturated rings. The highest BCUT2D eigenvalue weighted by molar-refractivity contribution is 8.00. The van der Waals surface area contributed by atoms with Gasteiger partial charge in [-0.3, -0.25) is 4.79 Å². The smallest absolute Gasteiger partial charge is 0.230 e. The summed E-state index contributed by atoms with van der Waals surface area (Å²) >= 11 is 1.59. The van der Waals surface area contributed by atoms with E-state index in [0.29, 0.717) is 18.2 Å². The van der Waals surface area contributed by atoms with Gasteiger partial charge in [0.15, 0.2) is 0 Å². The lowest BCUT2D eigenvalue weighted by molar-refractivity contribution is -0.118. The Balaban J connectivity index is 1.71. The second-order valence-corrected chi connectivity index (χ2v) is 6.58. The van der Waals surface area contributed by atoms with E-state index in [1.54, 1.807) is 11.8 Å². The third-order valence-electron chi connectivity index (χ3n) is 3.58. The van der Waals surface area contributed by atoms with Gasteiger partial charge in [0.1, 0.15) is 0 Å². The summed E-state index contributed by atoms with van der Waals surface area (Å²) in [4.78, 5) is 15.4. The van der Waals surface area contributed by atoms with Gasteiger partial charge in [-0.15, -0.1) is 11.8 Å². The van der Waals surface area contributed by atoms with Gasteiger partial charge < -0.3 is 15.0 Å². The van der Waals surface area contributed by atoms with E-state index in [1.807, 2.05) is 12.1 Å². The van der Waals surface area contributed by atoms with Crippen molar-refractivity contribution in [3.8, 4) is 0 Å². The quantitative estimate of drug-likeness (QED) is 0.842. The summed E-state index contributed by atoms with van der Waals surface area (Å²) < 4.78 is 5.56. The van der Waals surface area contributed by atoms with Crippen molar-refractivity contribution in [3.63, 3.8) is 0 Å². The SMILES string of the molecule is Cc1ccccc1SCC(=O)NC[C@@H]1COCCN(C)C1. The molecule has 0 unspecified atom stereocenters. The maximum atomic E-state index is 12.0. The van der Waals surface area contributed by atoms with Crippen LogP contribution < -0.4 is 5.32 Å². The van der Waals surface area contributed by atoms with Crippen LogP contribution in [0.1, 0.15) is 5.56 Å². The van der Waals surface area contributed by atoms with Crippen molar-refractivity contribution in [2.45, 2.75) is 11.8 Å². The molecule has 0 aromatic heterocycles. The van der Waals surface area contributed by atoms with Crippen molar-refractivity contribution in [1.82, 2.24) is 10.2 Å². The van der Waals surface area contributed by atoms with E-state index in [2.05, 4.69) is 36.3 Å². The third-order valence-corrected chi connectivity index (χ3v) is 4.76. The van der Waals surface area contributed by atoms with E-state index < -0.39 is 0 Å². The fourth-order valence-electron chi connectivity index (χ4n) is 2.35. The number of nitrogens with zero attached hydrogens (tertiary/aromatic N) is 1. The van der Waals surface area contributed by atoms with Crippen LogP contribution in [0.5, 0.6) is 0 Å².